The molecule has 0 spiro atoms. The molecule has 34 heavy (non-hydrogen) atoms. The highest BCUT2D eigenvalue weighted by Gasteiger charge is 2.23. The number of rotatable bonds is 12. The molecule has 1 saturated heterocycles. The molecule has 6 nitrogen and oxygen atoms in total. The molecule has 0 unspecified atom stereocenters. The summed E-state index contributed by atoms with van der Waals surface area (Å²) in [5.74, 6) is 0. The first-order valence-corrected chi connectivity index (χ1v) is 13.9. The number of carbonyl (C=O) groups is 2. The predicted molar refractivity (Wildman–Crippen MR) is 142 cm³/mol. The van der Waals surface area contributed by atoms with Crippen LogP contribution in [0.1, 0.15) is 84.6 Å². The van der Waals surface area contributed by atoms with Crippen LogP contribution < -0.4 is 10.6 Å². The van der Waals surface area contributed by atoms with Gasteiger partial charge in [-0.2, -0.15) is 0 Å². The van der Waals surface area contributed by atoms with E-state index >= 15 is 0 Å². The van der Waals surface area contributed by atoms with Crippen LogP contribution in [0.4, 0.5) is 9.59 Å². The lowest BCUT2D eigenvalue weighted by Crippen LogP contribution is -2.45. The summed E-state index contributed by atoms with van der Waals surface area (Å²) in [7, 11) is 0. The zero-order chi connectivity index (χ0) is 24.8. The summed E-state index contributed by atoms with van der Waals surface area (Å²) in [6, 6.07) is 8.68. The van der Waals surface area contributed by atoms with E-state index in [2.05, 4.69) is 41.8 Å². The summed E-state index contributed by atoms with van der Waals surface area (Å²) >= 11 is 1.90. The standard InChI is InChI=1S/C27H45N3O3S/c1-5-6-7-8-9-10-18-28-25(31)30-20-16-24(17-21-30)34-23-13-11-22(12-14-23)15-19-29-26(32)33-27(2,3)4/h11-14,24H,5-10,15-21H2,1-4H3,(H,28,31)(H,29,32). The van der Waals surface area contributed by atoms with Crippen molar-refractivity contribution in [3.63, 3.8) is 0 Å². The van der Waals surface area contributed by atoms with Gasteiger partial charge >= 0.3 is 12.1 Å². The number of urea groups is 1. The molecule has 0 aromatic heterocycles. The van der Waals surface area contributed by atoms with E-state index in [1.807, 2.05) is 37.4 Å². The van der Waals surface area contributed by atoms with Crippen LogP contribution in [0, 0.1) is 0 Å². The number of hydrogen-bond acceptors (Lipinski definition) is 4. The van der Waals surface area contributed by atoms with Gasteiger partial charge in [0.15, 0.2) is 0 Å². The van der Waals surface area contributed by atoms with Crippen LogP contribution in [0.3, 0.4) is 0 Å². The third-order valence-corrected chi connectivity index (χ3v) is 7.19. The van der Waals surface area contributed by atoms with Gasteiger partial charge in [-0.3, -0.25) is 0 Å². The first-order valence-electron chi connectivity index (χ1n) is 13.0. The van der Waals surface area contributed by atoms with Crippen molar-refractivity contribution in [1.82, 2.24) is 15.5 Å². The Bertz CT molecular complexity index is 726. The minimum Gasteiger partial charge on any atom is -0.444 e. The Labute approximate surface area is 211 Å². The molecule has 0 aliphatic carbocycles. The molecule has 1 aliphatic heterocycles. The Hall–Kier alpha value is -1.89. The molecule has 1 aliphatic rings. The van der Waals surface area contributed by atoms with Gasteiger partial charge in [-0.05, 0) is 64.2 Å². The highest BCUT2D eigenvalue weighted by atomic mass is 32.2. The van der Waals surface area contributed by atoms with Crippen molar-refractivity contribution < 1.29 is 14.3 Å². The van der Waals surface area contributed by atoms with E-state index in [0.717, 1.165) is 45.3 Å². The number of nitrogens with zero attached hydrogens (tertiary/aromatic N) is 1. The van der Waals surface area contributed by atoms with Gasteiger partial charge in [-0.25, -0.2) is 9.59 Å². The Morgan fingerprint density at radius 3 is 2.26 bits per heavy atom. The van der Waals surface area contributed by atoms with Gasteiger partial charge in [0.2, 0.25) is 0 Å². The van der Waals surface area contributed by atoms with Crippen molar-refractivity contribution in [2.75, 3.05) is 26.2 Å². The molecule has 192 valence electrons. The van der Waals surface area contributed by atoms with Crippen LogP contribution in [0.25, 0.3) is 0 Å². The van der Waals surface area contributed by atoms with Gasteiger partial charge in [-0.1, -0.05) is 51.2 Å². The lowest BCUT2D eigenvalue weighted by molar-refractivity contribution is 0.0528. The first-order chi connectivity index (χ1) is 16.3. The van der Waals surface area contributed by atoms with Crippen LogP contribution in [0.2, 0.25) is 0 Å². The summed E-state index contributed by atoms with van der Waals surface area (Å²) in [6.45, 7) is 10.8. The maximum atomic E-state index is 12.4. The quantitative estimate of drug-likeness (QED) is 0.333. The Kier molecular flexibility index (Phi) is 12.7. The third kappa shape index (κ3) is 12.0. The molecule has 1 aromatic rings. The minimum atomic E-state index is -0.476. The van der Waals surface area contributed by atoms with Gasteiger partial charge in [-0.15, -0.1) is 11.8 Å². The molecule has 3 amide bonds. The number of nitrogens with one attached hydrogen (secondary N) is 2. The van der Waals surface area contributed by atoms with Crippen molar-refractivity contribution >= 4 is 23.9 Å². The maximum absolute atomic E-state index is 12.4. The van der Waals surface area contributed by atoms with E-state index < -0.39 is 5.60 Å². The predicted octanol–water partition coefficient (Wildman–Crippen LogP) is 6.38. The molecule has 0 saturated carbocycles. The molecule has 1 aromatic carbocycles. The van der Waals surface area contributed by atoms with E-state index in [4.69, 9.17) is 4.74 Å². The number of benzene rings is 1. The summed E-state index contributed by atoms with van der Waals surface area (Å²) in [5.41, 5.74) is 0.716. The summed E-state index contributed by atoms with van der Waals surface area (Å²) < 4.78 is 5.26. The van der Waals surface area contributed by atoms with Crippen LogP contribution >= 0.6 is 11.8 Å². The molecule has 7 heteroatoms. The molecular weight excluding hydrogens is 446 g/mol. The van der Waals surface area contributed by atoms with Gasteiger partial charge in [0.1, 0.15) is 5.60 Å². The van der Waals surface area contributed by atoms with Gasteiger partial charge in [0.05, 0.1) is 0 Å². The van der Waals surface area contributed by atoms with Crippen molar-refractivity contribution in [2.45, 2.75) is 101 Å². The van der Waals surface area contributed by atoms with Crippen LogP contribution in [0.5, 0.6) is 0 Å². The number of unbranched alkanes of at least 4 members (excludes halogenated alkanes) is 5. The second kappa shape index (κ2) is 15.2. The number of thioether (sulfide) groups is 1. The maximum Gasteiger partial charge on any atom is 0.407 e. The number of carbonyl (C=O) groups excluding carboxylic acids is 2. The molecule has 1 fully saturated rings. The number of amides is 3. The average molecular weight is 492 g/mol. The highest BCUT2D eigenvalue weighted by Crippen LogP contribution is 2.30. The Morgan fingerprint density at radius 1 is 0.971 bits per heavy atom. The second-order valence-electron chi connectivity index (χ2n) is 10.1. The molecule has 0 radical (unpaired) electrons. The fraction of sp³-hybridized carbons (Fsp3) is 0.704. The molecule has 2 N–H and O–H groups in total. The van der Waals surface area contributed by atoms with Gasteiger partial charge in [0.25, 0.3) is 0 Å². The minimum absolute atomic E-state index is 0.0985. The summed E-state index contributed by atoms with van der Waals surface area (Å²) in [6.07, 6.45) is 9.90. The van der Waals surface area contributed by atoms with E-state index in [9.17, 15) is 9.59 Å². The number of hydrogen-bond donors (Lipinski definition) is 2. The summed E-state index contributed by atoms with van der Waals surface area (Å²) in [5, 5.41) is 6.44. The normalized spacial score (nSPS) is 14.6. The lowest BCUT2D eigenvalue weighted by Gasteiger charge is -2.31. The number of ether oxygens (including phenoxy) is 1. The number of alkyl carbamates (subject to hydrolysis) is 1. The van der Waals surface area contributed by atoms with Crippen LogP contribution in [-0.2, 0) is 11.2 Å². The monoisotopic (exact) mass is 491 g/mol. The van der Waals surface area contributed by atoms with Crippen molar-refractivity contribution in [3.05, 3.63) is 29.8 Å². The highest BCUT2D eigenvalue weighted by molar-refractivity contribution is 8.00. The van der Waals surface area contributed by atoms with Crippen molar-refractivity contribution in [2.24, 2.45) is 0 Å². The van der Waals surface area contributed by atoms with Crippen LogP contribution in [0.15, 0.2) is 29.2 Å². The molecule has 0 bridgehead atoms. The van der Waals surface area contributed by atoms with E-state index in [1.54, 1.807) is 0 Å². The second-order valence-corrected chi connectivity index (χ2v) is 11.5. The zero-order valence-corrected chi connectivity index (χ0v) is 22.5. The Morgan fingerprint density at radius 2 is 1.62 bits per heavy atom. The molecule has 0 atom stereocenters. The van der Waals surface area contributed by atoms with Crippen molar-refractivity contribution in [1.29, 1.82) is 0 Å². The largest absolute Gasteiger partial charge is 0.444 e. The van der Waals surface area contributed by atoms with Crippen molar-refractivity contribution in [3.8, 4) is 0 Å². The van der Waals surface area contributed by atoms with E-state index in [-0.39, 0.29) is 12.1 Å². The third-order valence-electron chi connectivity index (χ3n) is 5.84. The fourth-order valence-electron chi connectivity index (χ4n) is 3.94. The zero-order valence-electron chi connectivity index (χ0n) is 21.7. The molecule has 2 rings (SSSR count). The SMILES string of the molecule is CCCCCCCCNC(=O)N1CCC(Sc2ccc(CCNC(=O)OC(C)(C)C)cc2)CC1. The molecule has 1 heterocycles. The first kappa shape index (κ1) is 28.3. The number of likely N-dealkylation sites (tertiary alicyclic amines) is 1. The fourth-order valence-corrected chi connectivity index (χ4v) is 5.06. The average Bonchev–Trinajstić information content (AvgIpc) is 2.79. The van der Waals surface area contributed by atoms with Crippen LogP contribution in [-0.4, -0.2) is 54.1 Å². The molecular formula is C27H45N3O3S. The van der Waals surface area contributed by atoms with E-state index in [1.165, 1.54) is 42.6 Å². The smallest absolute Gasteiger partial charge is 0.407 e. The topological polar surface area (TPSA) is 70.7 Å². The Balaban J connectivity index is 1.60. The summed E-state index contributed by atoms with van der Waals surface area (Å²) in [4.78, 5) is 27.4. The van der Waals surface area contributed by atoms with Gasteiger partial charge in [0, 0.05) is 36.3 Å². The lowest BCUT2D eigenvalue weighted by atomic mass is 10.1. The number of piperidine rings is 1. The van der Waals surface area contributed by atoms with E-state index in [0.29, 0.717) is 11.8 Å². The van der Waals surface area contributed by atoms with Gasteiger partial charge < -0.3 is 20.3 Å².